The lowest BCUT2D eigenvalue weighted by atomic mass is 9.98. The normalized spacial score (nSPS) is 11.9. The monoisotopic (exact) mass is 726 g/mol. The molecule has 3 heterocycles. The fourth-order valence-corrected chi connectivity index (χ4v) is 9.08. The standard InChI is InChI=1S/C54H34N2O/c1-2-11-35(12-3-1)38-13-10-14-39(33-38)40-25-31-50-47(34-40)44-16-5-7-18-48(44)55(50)41-26-21-36(22-27-41)37-23-28-42(29-24-37)56-49-19-8-4-15-43(49)45-30-32-52-53(54(45)56)46-17-6-9-20-51(46)57-52/h1-34H. The Kier molecular flexibility index (Phi) is 6.93. The number of hydrogen-bond donors (Lipinski definition) is 0. The van der Waals surface area contributed by atoms with Crippen molar-refractivity contribution in [1.82, 2.24) is 9.13 Å². The third-order valence-corrected chi connectivity index (χ3v) is 11.7. The average Bonchev–Trinajstić information content (AvgIpc) is 3.94. The number of furan rings is 1. The summed E-state index contributed by atoms with van der Waals surface area (Å²) < 4.78 is 11.1. The maximum atomic E-state index is 6.33. The molecular weight excluding hydrogens is 693 g/mol. The highest BCUT2D eigenvalue weighted by molar-refractivity contribution is 6.24. The van der Waals surface area contributed by atoms with Crippen molar-refractivity contribution >= 4 is 65.6 Å². The van der Waals surface area contributed by atoms with Gasteiger partial charge in [-0.25, -0.2) is 0 Å². The lowest BCUT2D eigenvalue weighted by Gasteiger charge is -2.12. The second kappa shape index (κ2) is 12.5. The van der Waals surface area contributed by atoms with Crippen molar-refractivity contribution in [1.29, 1.82) is 0 Å². The van der Waals surface area contributed by atoms with Crippen LogP contribution in [-0.2, 0) is 0 Å². The SMILES string of the molecule is c1ccc(-c2cccc(-c3ccc4c(c3)c3ccccc3n4-c3ccc(-c4ccc(-n5c6ccccc6c6ccc7oc8ccccc8c7c65)cc4)cc3)c2)cc1. The zero-order chi connectivity index (χ0) is 37.5. The molecule has 0 amide bonds. The molecule has 0 saturated heterocycles. The van der Waals surface area contributed by atoms with E-state index in [9.17, 15) is 0 Å². The molecule has 57 heavy (non-hydrogen) atoms. The topological polar surface area (TPSA) is 23.0 Å². The van der Waals surface area contributed by atoms with Gasteiger partial charge in [-0.1, -0.05) is 133 Å². The highest BCUT2D eigenvalue weighted by Gasteiger charge is 2.19. The lowest BCUT2D eigenvalue weighted by molar-refractivity contribution is 0.669. The minimum Gasteiger partial charge on any atom is -0.456 e. The van der Waals surface area contributed by atoms with Crippen LogP contribution in [-0.4, -0.2) is 9.13 Å². The van der Waals surface area contributed by atoms with E-state index in [0.717, 1.165) is 33.3 Å². The number of rotatable bonds is 5. The van der Waals surface area contributed by atoms with Crippen LogP contribution in [0.15, 0.2) is 211 Å². The molecule has 0 saturated carbocycles. The van der Waals surface area contributed by atoms with Crippen molar-refractivity contribution in [3.8, 4) is 44.8 Å². The third-order valence-electron chi connectivity index (χ3n) is 11.7. The molecule has 3 aromatic heterocycles. The first-order valence-corrected chi connectivity index (χ1v) is 19.5. The Morgan fingerprint density at radius 2 is 0.789 bits per heavy atom. The van der Waals surface area contributed by atoms with E-state index in [1.165, 1.54) is 77.0 Å². The lowest BCUT2D eigenvalue weighted by Crippen LogP contribution is -1.95. The van der Waals surface area contributed by atoms with E-state index >= 15 is 0 Å². The summed E-state index contributed by atoms with van der Waals surface area (Å²) in [6.07, 6.45) is 0. The van der Waals surface area contributed by atoms with Crippen molar-refractivity contribution < 1.29 is 4.42 Å². The van der Waals surface area contributed by atoms with Gasteiger partial charge in [0, 0.05) is 38.3 Å². The molecule has 3 nitrogen and oxygen atoms in total. The summed E-state index contributed by atoms with van der Waals surface area (Å²) in [7, 11) is 0. The molecule has 0 N–H and O–H groups in total. The quantitative estimate of drug-likeness (QED) is 0.173. The minimum absolute atomic E-state index is 0.904. The third kappa shape index (κ3) is 4.92. The molecule has 3 heteroatoms. The Labute approximate surface area is 328 Å². The zero-order valence-electron chi connectivity index (χ0n) is 30.9. The van der Waals surface area contributed by atoms with Crippen molar-refractivity contribution in [3.05, 3.63) is 206 Å². The van der Waals surface area contributed by atoms with Gasteiger partial charge in [0.25, 0.3) is 0 Å². The molecule has 0 aliphatic rings. The fraction of sp³-hybridized carbons (Fsp3) is 0. The Morgan fingerprint density at radius 3 is 1.53 bits per heavy atom. The largest absolute Gasteiger partial charge is 0.456 e. The molecule has 0 bridgehead atoms. The van der Waals surface area contributed by atoms with E-state index in [1.54, 1.807) is 0 Å². The number of para-hydroxylation sites is 3. The maximum absolute atomic E-state index is 6.33. The van der Waals surface area contributed by atoms with Gasteiger partial charge in [0.15, 0.2) is 0 Å². The number of hydrogen-bond acceptors (Lipinski definition) is 1. The molecule has 12 aromatic rings. The van der Waals surface area contributed by atoms with Crippen LogP contribution < -0.4 is 0 Å². The highest BCUT2D eigenvalue weighted by atomic mass is 16.3. The molecule has 12 rings (SSSR count). The highest BCUT2D eigenvalue weighted by Crippen LogP contribution is 2.41. The maximum Gasteiger partial charge on any atom is 0.137 e. The van der Waals surface area contributed by atoms with Gasteiger partial charge < -0.3 is 13.6 Å². The first-order chi connectivity index (χ1) is 28.3. The molecular formula is C54H34N2O. The minimum atomic E-state index is 0.904. The van der Waals surface area contributed by atoms with Gasteiger partial charge in [-0.3, -0.25) is 0 Å². The van der Waals surface area contributed by atoms with Crippen LogP contribution in [0.3, 0.4) is 0 Å². The molecule has 0 aliphatic carbocycles. The molecule has 0 fully saturated rings. The number of fused-ring (bicyclic) bond motifs is 10. The first kappa shape index (κ1) is 31.7. The second-order valence-electron chi connectivity index (χ2n) is 14.9. The number of benzene rings is 9. The summed E-state index contributed by atoms with van der Waals surface area (Å²) in [5.74, 6) is 0. The summed E-state index contributed by atoms with van der Waals surface area (Å²) in [6.45, 7) is 0. The van der Waals surface area contributed by atoms with E-state index in [4.69, 9.17) is 4.42 Å². The zero-order valence-corrected chi connectivity index (χ0v) is 30.9. The summed E-state index contributed by atoms with van der Waals surface area (Å²) >= 11 is 0. The van der Waals surface area contributed by atoms with Crippen LogP contribution in [0.4, 0.5) is 0 Å². The molecule has 0 atom stereocenters. The molecule has 0 unspecified atom stereocenters. The van der Waals surface area contributed by atoms with Crippen LogP contribution >= 0.6 is 0 Å². The van der Waals surface area contributed by atoms with Crippen molar-refractivity contribution in [2.24, 2.45) is 0 Å². The van der Waals surface area contributed by atoms with Crippen molar-refractivity contribution in [3.63, 3.8) is 0 Å². The van der Waals surface area contributed by atoms with Crippen molar-refractivity contribution in [2.45, 2.75) is 0 Å². The molecule has 0 spiro atoms. The molecule has 0 aliphatic heterocycles. The average molecular weight is 727 g/mol. The van der Waals surface area contributed by atoms with Gasteiger partial charge in [0.05, 0.1) is 27.5 Å². The van der Waals surface area contributed by atoms with Gasteiger partial charge in [-0.2, -0.15) is 0 Å². The summed E-state index contributed by atoms with van der Waals surface area (Å²) in [4.78, 5) is 0. The van der Waals surface area contributed by atoms with Crippen LogP contribution in [0.5, 0.6) is 0 Å². The molecule has 0 radical (unpaired) electrons. The van der Waals surface area contributed by atoms with E-state index in [1.807, 2.05) is 6.07 Å². The summed E-state index contributed by atoms with van der Waals surface area (Å²) in [5.41, 5.74) is 16.1. The van der Waals surface area contributed by atoms with Gasteiger partial charge >= 0.3 is 0 Å². The summed E-state index contributed by atoms with van der Waals surface area (Å²) in [5, 5.41) is 7.24. The number of nitrogens with zero attached hydrogens (tertiary/aromatic N) is 2. The van der Waals surface area contributed by atoms with Crippen LogP contribution in [0, 0.1) is 0 Å². The van der Waals surface area contributed by atoms with E-state index in [2.05, 4.69) is 209 Å². The van der Waals surface area contributed by atoms with Gasteiger partial charge in [-0.05, 0) is 106 Å². The first-order valence-electron chi connectivity index (χ1n) is 19.5. The van der Waals surface area contributed by atoms with Crippen LogP contribution in [0.25, 0.3) is 110 Å². The van der Waals surface area contributed by atoms with Crippen LogP contribution in [0.1, 0.15) is 0 Å². The van der Waals surface area contributed by atoms with Crippen LogP contribution in [0.2, 0.25) is 0 Å². The summed E-state index contributed by atoms with van der Waals surface area (Å²) in [6, 6.07) is 74.4. The predicted molar refractivity (Wildman–Crippen MR) is 239 cm³/mol. The van der Waals surface area contributed by atoms with E-state index < -0.39 is 0 Å². The van der Waals surface area contributed by atoms with E-state index in [0.29, 0.717) is 0 Å². The molecule has 9 aromatic carbocycles. The van der Waals surface area contributed by atoms with Gasteiger partial charge in [-0.15, -0.1) is 0 Å². The Hall–Kier alpha value is -7.62. The Morgan fingerprint density at radius 1 is 0.281 bits per heavy atom. The fourth-order valence-electron chi connectivity index (χ4n) is 9.08. The Bertz CT molecular complexity index is 3490. The van der Waals surface area contributed by atoms with Crippen molar-refractivity contribution in [2.75, 3.05) is 0 Å². The second-order valence-corrected chi connectivity index (χ2v) is 14.9. The van der Waals surface area contributed by atoms with E-state index in [-0.39, 0.29) is 0 Å². The Balaban J connectivity index is 0.923. The van der Waals surface area contributed by atoms with Gasteiger partial charge in [0.1, 0.15) is 11.2 Å². The molecule has 266 valence electrons. The predicted octanol–water partition coefficient (Wildman–Crippen LogP) is 14.8. The number of aromatic nitrogens is 2. The smallest absolute Gasteiger partial charge is 0.137 e. The van der Waals surface area contributed by atoms with Gasteiger partial charge in [0.2, 0.25) is 0 Å².